The minimum Gasteiger partial charge on any atom is -0.497 e. The topological polar surface area (TPSA) is 82.8 Å². The first-order valence-electron chi connectivity index (χ1n) is 7.41. The van der Waals surface area contributed by atoms with E-state index in [-0.39, 0.29) is 39.4 Å². The van der Waals surface area contributed by atoms with E-state index in [1.54, 1.807) is 0 Å². The molecule has 152 valence electrons. The van der Waals surface area contributed by atoms with Gasteiger partial charge in [0, 0.05) is 12.6 Å². The van der Waals surface area contributed by atoms with Crippen molar-refractivity contribution in [3.63, 3.8) is 0 Å². The normalized spacial score (nSPS) is 11.6. The zero-order valence-electron chi connectivity index (χ0n) is 14.4. The van der Waals surface area contributed by atoms with Gasteiger partial charge in [-0.25, -0.2) is 13.9 Å². The fraction of sp³-hybridized carbons (Fsp3) is 0.250. The maximum absolute atomic E-state index is 14.4. The highest BCUT2D eigenvalue weighted by molar-refractivity contribution is 6.34. The van der Waals surface area contributed by atoms with Crippen LogP contribution in [0.2, 0.25) is 10.0 Å². The van der Waals surface area contributed by atoms with Crippen molar-refractivity contribution < 1.29 is 37.3 Å². The molecule has 0 spiro atoms. The monoisotopic (exact) mass is 440 g/mol. The fourth-order valence-corrected chi connectivity index (χ4v) is 2.65. The Kier molecular flexibility index (Phi) is 7.03. The van der Waals surface area contributed by atoms with Crippen molar-refractivity contribution in [1.82, 2.24) is 9.78 Å². The summed E-state index contributed by atoms with van der Waals surface area (Å²) in [6.07, 6.45) is 0.780. The van der Waals surface area contributed by atoms with Crippen molar-refractivity contribution in [2.45, 2.75) is 6.61 Å². The van der Waals surface area contributed by atoms with Gasteiger partial charge in [-0.1, -0.05) is 23.2 Å². The molecule has 0 aliphatic carbocycles. The minimum atomic E-state index is -3.15. The Hall–Kier alpha value is -2.59. The lowest BCUT2D eigenvalue weighted by molar-refractivity contribution is -0.131. The van der Waals surface area contributed by atoms with Crippen LogP contribution >= 0.6 is 23.2 Å². The number of halogens is 5. The Morgan fingerprint density at radius 3 is 2.64 bits per heavy atom. The molecule has 12 heteroatoms. The number of hydrogen-bond acceptors (Lipinski definition) is 5. The highest BCUT2D eigenvalue weighted by atomic mass is 35.5. The van der Waals surface area contributed by atoms with Crippen LogP contribution in [0.25, 0.3) is 11.3 Å². The Morgan fingerprint density at radius 2 is 2.07 bits per heavy atom. The zero-order chi connectivity index (χ0) is 21.0. The first-order chi connectivity index (χ1) is 13.1. The third-order valence-corrected chi connectivity index (χ3v) is 3.97. The van der Waals surface area contributed by atoms with Gasteiger partial charge >= 0.3 is 12.6 Å². The highest BCUT2D eigenvalue weighted by Gasteiger charge is 2.23. The molecule has 0 fully saturated rings. The molecule has 0 bridgehead atoms. The molecule has 7 nitrogen and oxygen atoms in total. The number of hydrogen-bond donors (Lipinski definition) is 1. The van der Waals surface area contributed by atoms with E-state index in [4.69, 9.17) is 37.8 Å². The molecular formula is C16H13Cl2F3N2O5. The van der Waals surface area contributed by atoms with E-state index in [0.717, 1.165) is 22.9 Å². The van der Waals surface area contributed by atoms with Gasteiger partial charge in [0.2, 0.25) is 5.88 Å². The predicted octanol–water partition coefficient (Wildman–Crippen LogP) is 4.13. The average Bonchev–Trinajstić information content (AvgIpc) is 2.87. The number of rotatable bonds is 8. The molecule has 1 N–H and O–H groups in total. The maximum Gasteiger partial charge on any atom is 0.388 e. The van der Waals surface area contributed by atoms with E-state index in [1.807, 2.05) is 0 Å². The molecule has 1 aromatic carbocycles. The SMILES string of the molecule is CO/C(=C\C(=O)O)COc1cc(-c2nn(C)c(OC(F)F)c2Cl)c(F)cc1Cl. The maximum atomic E-state index is 14.4. The second-order valence-corrected chi connectivity index (χ2v) is 5.96. The number of nitrogens with zero attached hydrogens (tertiary/aromatic N) is 2. The molecule has 0 saturated heterocycles. The number of carboxylic acids is 1. The number of aromatic nitrogens is 2. The van der Waals surface area contributed by atoms with E-state index < -0.39 is 24.3 Å². The van der Waals surface area contributed by atoms with Crippen molar-refractivity contribution in [2.75, 3.05) is 13.7 Å². The number of carboxylic acid groups (broad SMARTS) is 1. The molecule has 1 heterocycles. The number of ether oxygens (including phenoxy) is 3. The molecule has 0 atom stereocenters. The van der Waals surface area contributed by atoms with Crippen LogP contribution in [0.4, 0.5) is 13.2 Å². The molecular weight excluding hydrogens is 428 g/mol. The van der Waals surface area contributed by atoms with E-state index in [0.29, 0.717) is 0 Å². The summed E-state index contributed by atoms with van der Waals surface area (Å²) < 4.78 is 54.8. The summed E-state index contributed by atoms with van der Waals surface area (Å²) in [4.78, 5) is 10.7. The van der Waals surface area contributed by atoms with Crippen molar-refractivity contribution in [3.05, 3.63) is 39.8 Å². The summed E-state index contributed by atoms with van der Waals surface area (Å²) in [5.41, 5.74) is -0.364. The average molecular weight is 441 g/mol. The van der Waals surface area contributed by atoms with Crippen LogP contribution in [0.1, 0.15) is 0 Å². The summed E-state index contributed by atoms with van der Waals surface area (Å²) in [5, 5.41) is 12.2. The van der Waals surface area contributed by atoms with Crippen LogP contribution in [0.15, 0.2) is 24.0 Å². The summed E-state index contributed by atoms with van der Waals surface area (Å²) in [6, 6.07) is 2.06. The van der Waals surface area contributed by atoms with Gasteiger partial charge in [-0.3, -0.25) is 0 Å². The molecule has 0 amide bonds. The van der Waals surface area contributed by atoms with Gasteiger partial charge in [0.15, 0.2) is 0 Å². The number of carbonyl (C=O) groups is 1. The first-order valence-corrected chi connectivity index (χ1v) is 8.16. The summed E-state index contributed by atoms with van der Waals surface area (Å²) in [6.45, 7) is -3.47. The quantitative estimate of drug-likeness (QED) is 0.490. The Morgan fingerprint density at radius 1 is 1.39 bits per heavy atom. The molecule has 0 unspecified atom stereocenters. The molecule has 0 aliphatic rings. The number of alkyl halides is 2. The Bertz CT molecular complexity index is 918. The molecule has 0 radical (unpaired) electrons. The van der Waals surface area contributed by atoms with Gasteiger partial charge in [-0.15, -0.1) is 0 Å². The van der Waals surface area contributed by atoms with E-state index in [9.17, 15) is 18.0 Å². The van der Waals surface area contributed by atoms with Crippen molar-refractivity contribution in [3.8, 4) is 22.9 Å². The second-order valence-electron chi connectivity index (χ2n) is 5.17. The summed E-state index contributed by atoms with van der Waals surface area (Å²) >= 11 is 11.9. The molecule has 2 rings (SSSR count). The minimum absolute atomic E-state index is 0.0297. The largest absolute Gasteiger partial charge is 0.497 e. The van der Waals surface area contributed by atoms with Crippen LogP contribution in [0, 0.1) is 5.82 Å². The van der Waals surface area contributed by atoms with Crippen LogP contribution in [0.5, 0.6) is 11.6 Å². The molecule has 1 aromatic heterocycles. The van der Waals surface area contributed by atoms with E-state index >= 15 is 0 Å². The Balaban J connectivity index is 2.40. The number of aliphatic carboxylic acids is 1. The van der Waals surface area contributed by atoms with Crippen LogP contribution in [-0.2, 0) is 16.6 Å². The standard InChI is InChI=1S/C16H13Cl2F3N2O5/c1-23-15(28-16(20)21)13(18)14(22-23)8-4-11(9(17)5-10(8)19)27-6-7(26-2)3-12(24)25/h3-5,16H,6H2,1-2H3,(H,24,25)/b7-3-. The van der Waals surface area contributed by atoms with E-state index in [2.05, 4.69) is 9.84 Å². The van der Waals surface area contributed by atoms with Crippen molar-refractivity contribution in [1.29, 1.82) is 0 Å². The fourth-order valence-electron chi connectivity index (χ4n) is 2.13. The van der Waals surface area contributed by atoms with Crippen LogP contribution in [0.3, 0.4) is 0 Å². The van der Waals surface area contributed by atoms with Crippen molar-refractivity contribution >= 4 is 29.2 Å². The smallest absolute Gasteiger partial charge is 0.388 e. The summed E-state index contributed by atoms with van der Waals surface area (Å²) in [7, 11) is 2.54. The molecule has 28 heavy (non-hydrogen) atoms. The number of benzene rings is 1. The van der Waals surface area contributed by atoms with Gasteiger partial charge in [0.1, 0.15) is 34.6 Å². The van der Waals surface area contributed by atoms with Crippen molar-refractivity contribution in [2.24, 2.45) is 7.05 Å². The lowest BCUT2D eigenvalue weighted by Gasteiger charge is -2.11. The van der Waals surface area contributed by atoms with Gasteiger partial charge in [-0.2, -0.15) is 13.9 Å². The lowest BCUT2D eigenvalue weighted by Crippen LogP contribution is -2.06. The van der Waals surface area contributed by atoms with Gasteiger partial charge in [0.25, 0.3) is 0 Å². The number of aryl methyl sites for hydroxylation is 1. The molecule has 2 aromatic rings. The third-order valence-electron chi connectivity index (χ3n) is 3.33. The first kappa shape index (κ1) is 21.7. The Labute approximate surface area is 166 Å². The van der Waals surface area contributed by atoms with Gasteiger partial charge in [-0.05, 0) is 12.1 Å². The van der Waals surface area contributed by atoms with Crippen LogP contribution in [-0.4, -0.2) is 41.2 Å². The highest BCUT2D eigenvalue weighted by Crippen LogP contribution is 2.39. The lowest BCUT2D eigenvalue weighted by atomic mass is 10.1. The van der Waals surface area contributed by atoms with Gasteiger partial charge in [0.05, 0.1) is 18.2 Å². The van der Waals surface area contributed by atoms with E-state index in [1.165, 1.54) is 14.2 Å². The summed E-state index contributed by atoms with van der Waals surface area (Å²) in [5.74, 6) is -2.61. The molecule has 0 saturated carbocycles. The van der Waals surface area contributed by atoms with Crippen LogP contribution < -0.4 is 9.47 Å². The predicted molar refractivity (Wildman–Crippen MR) is 93.5 cm³/mol. The van der Waals surface area contributed by atoms with Gasteiger partial charge < -0.3 is 19.3 Å². The second kappa shape index (κ2) is 9.07. The third kappa shape index (κ3) is 5.02. The number of methoxy groups -OCH3 is 1. The zero-order valence-corrected chi connectivity index (χ0v) is 15.9. The molecule has 0 aliphatic heterocycles.